The van der Waals surface area contributed by atoms with E-state index in [-0.39, 0.29) is 18.9 Å². The lowest BCUT2D eigenvalue weighted by molar-refractivity contribution is -0.186. The van der Waals surface area contributed by atoms with Crippen LogP contribution in [0, 0.1) is 0 Å². The highest BCUT2D eigenvalue weighted by Gasteiger charge is 2.43. The van der Waals surface area contributed by atoms with E-state index in [1.54, 1.807) is 48.5 Å². The number of fused-ring (bicyclic) bond motifs is 1. The molecule has 0 fully saturated rings. The van der Waals surface area contributed by atoms with Gasteiger partial charge < -0.3 is 4.90 Å². The third kappa shape index (κ3) is 3.18. The van der Waals surface area contributed by atoms with E-state index in [0.29, 0.717) is 23.1 Å². The molecule has 0 N–H and O–H groups in total. The van der Waals surface area contributed by atoms with Crippen LogP contribution >= 0.6 is 0 Å². The third-order valence-corrected chi connectivity index (χ3v) is 4.05. The summed E-state index contributed by atoms with van der Waals surface area (Å²) in [5.41, 5.74) is 2.37. The maximum atomic E-state index is 12.6. The van der Waals surface area contributed by atoms with E-state index in [9.17, 15) is 22.8 Å². The number of ketones is 1. The Morgan fingerprint density at radius 3 is 2.29 bits per heavy atom. The number of halogens is 3. The number of hydrogen-bond donors (Lipinski definition) is 0. The smallest absolute Gasteiger partial charge is 0.330 e. The fourth-order valence-corrected chi connectivity index (χ4v) is 2.81. The van der Waals surface area contributed by atoms with Crippen LogP contribution in [0.2, 0.25) is 0 Å². The van der Waals surface area contributed by atoms with Crippen molar-refractivity contribution in [3.8, 4) is 0 Å². The molecule has 3 nitrogen and oxygen atoms in total. The predicted molar refractivity (Wildman–Crippen MR) is 81.5 cm³/mol. The van der Waals surface area contributed by atoms with Crippen LogP contribution in [0.3, 0.4) is 0 Å². The summed E-state index contributed by atoms with van der Waals surface area (Å²) in [7, 11) is 0. The van der Waals surface area contributed by atoms with E-state index < -0.39 is 12.1 Å². The van der Waals surface area contributed by atoms with Crippen LogP contribution < -0.4 is 0 Å². The molecule has 0 atom stereocenters. The zero-order valence-corrected chi connectivity index (χ0v) is 12.6. The molecule has 0 bridgehead atoms. The van der Waals surface area contributed by atoms with E-state index in [2.05, 4.69) is 0 Å². The van der Waals surface area contributed by atoms with Gasteiger partial charge in [0.2, 0.25) is 0 Å². The lowest BCUT2D eigenvalue weighted by Crippen LogP contribution is -2.43. The summed E-state index contributed by atoms with van der Waals surface area (Å²) in [6.07, 6.45) is -4.54. The number of carbonyl (C=O) groups excluding carboxylic acids is 2. The van der Waals surface area contributed by atoms with Gasteiger partial charge in [0.05, 0.1) is 0 Å². The summed E-state index contributed by atoms with van der Waals surface area (Å²) in [5.74, 6) is -2.04. The highest BCUT2D eigenvalue weighted by atomic mass is 19.4. The first-order chi connectivity index (χ1) is 11.4. The molecule has 1 amide bonds. The predicted octanol–water partition coefficient (Wildman–Crippen LogP) is 3.36. The van der Waals surface area contributed by atoms with Crippen LogP contribution in [-0.2, 0) is 17.8 Å². The number of carbonyl (C=O) groups is 2. The van der Waals surface area contributed by atoms with Crippen molar-refractivity contribution in [2.75, 3.05) is 6.54 Å². The highest BCUT2D eigenvalue weighted by Crippen LogP contribution is 2.26. The molecule has 0 aromatic heterocycles. The molecule has 124 valence electrons. The largest absolute Gasteiger partial charge is 0.471 e. The second kappa shape index (κ2) is 6.11. The van der Waals surface area contributed by atoms with Crippen molar-refractivity contribution in [3.63, 3.8) is 0 Å². The van der Waals surface area contributed by atoms with E-state index in [1.165, 1.54) is 0 Å². The molecule has 0 radical (unpaired) electrons. The van der Waals surface area contributed by atoms with Crippen molar-refractivity contribution in [2.45, 2.75) is 19.1 Å². The Hall–Kier alpha value is -2.63. The molecule has 1 aliphatic rings. The van der Waals surface area contributed by atoms with Crippen LogP contribution in [0.5, 0.6) is 0 Å². The summed E-state index contributed by atoms with van der Waals surface area (Å²) in [6.45, 7) is -0.110. The first kappa shape index (κ1) is 16.2. The van der Waals surface area contributed by atoms with Crippen LogP contribution in [0.15, 0.2) is 48.5 Å². The van der Waals surface area contributed by atoms with E-state index >= 15 is 0 Å². The second-order valence-electron chi connectivity index (χ2n) is 5.65. The van der Waals surface area contributed by atoms with Crippen molar-refractivity contribution >= 4 is 11.7 Å². The van der Waals surface area contributed by atoms with Gasteiger partial charge in [-0.2, -0.15) is 13.2 Å². The van der Waals surface area contributed by atoms with Gasteiger partial charge in [0.1, 0.15) is 0 Å². The molecule has 24 heavy (non-hydrogen) atoms. The Bertz CT molecular complexity index is 785. The van der Waals surface area contributed by atoms with Crippen LogP contribution in [0.4, 0.5) is 13.2 Å². The lowest BCUT2D eigenvalue weighted by atomic mass is 9.94. The Morgan fingerprint density at radius 2 is 1.62 bits per heavy atom. The second-order valence-corrected chi connectivity index (χ2v) is 5.65. The monoisotopic (exact) mass is 333 g/mol. The Labute approximate surface area is 136 Å². The maximum absolute atomic E-state index is 12.6. The summed E-state index contributed by atoms with van der Waals surface area (Å²) in [6, 6.07) is 13.7. The molecule has 0 aliphatic carbocycles. The van der Waals surface area contributed by atoms with Crippen LogP contribution in [-0.4, -0.2) is 29.3 Å². The van der Waals surface area contributed by atoms with Gasteiger partial charge in [0.25, 0.3) is 0 Å². The summed E-state index contributed by atoms with van der Waals surface area (Å²) >= 11 is 0. The average molecular weight is 333 g/mol. The van der Waals surface area contributed by atoms with Gasteiger partial charge in [-0.25, -0.2) is 0 Å². The molecule has 0 saturated carbocycles. The summed E-state index contributed by atoms with van der Waals surface area (Å²) in [4.78, 5) is 24.6. The molecule has 3 rings (SSSR count). The van der Waals surface area contributed by atoms with Gasteiger partial charge in [-0.15, -0.1) is 0 Å². The number of hydrogen-bond acceptors (Lipinski definition) is 2. The van der Waals surface area contributed by atoms with Crippen molar-refractivity contribution in [1.29, 1.82) is 0 Å². The van der Waals surface area contributed by atoms with Gasteiger partial charge in [-0.05, 0) is 23.6 Å². The number of nitrogens with zero attached hydrogens (tertiary/aromatic N) is 1. The van der Waals surface area contributed by atoms with Crippen molar-refractivity contribution in [2.24, 2.45) is 0 Å². The standard InChI is InChI=1S/C18H14F3NO2/c19-18(20,21)17(24)22-9-8-12-6-7-14(10-15(12)11-22)16(23)13-4-2-1-3-5-13/h1-7,10H,8-9,11H2. The van der Waals surface area contributed by atoms with Crippen molar-refractivity contribution in [1.82, 2.24) is 4.90 Å². The molecule has 0 spiro atoms. The highest BCUT2D eigenvalue weighted by molar-refractivity contribution is 6.09. The molecule has 0 saturated heterocycles. The van der Waals surface area contributed by atoms with Crippen LogP contribution in [0.25, 0.3) is 0 Å². The van der Waals surface area contributed by atoms with E-state index in [4.69, 9.17) is 0 Å². The lowest BCUT2D eigenvalue weighted by Gasteiger charge is -2.29. The quantitative estimate of drug-likeness (QED) is 0.790. The average Bonchev–Trinajstić information content (AvgIpc) is 2.59. The third-order valence-electron chi connectivity index (χ3n) is 4.05. The maximum Gasteiger partial charge on any atom is 0.471 e. The molecule has 1 aliphatic heterocycles. The molecule has 1 heterocycles. The molecule has 6 heteroatoms. The normalized spacial score (nSPS) is 14.2. The van der Waals surface area contributed by atoms with Gasteiger partial charge in [0, 0.05) is 24.2 Å². The SMILES string of the molecule is O=C(c1ccccc1)c1ccc2c(c1)CN(C(=O)C(F)(F)F)CC2. The Morgan fingerprint density at radius 1 is 0.917 bits per heavy atom. The summed E-state index contributed by atoms with van der Waals surface area (Å²) in [5, 5.41) is 0. The van der Waals surface area contributed by atoms with E-state index in [0.717, 1.165) is 10.5 Å². The fourth-order valence-electron chi connectivity index (χ4n) is 2.81. The topological polar surface area (TPSA) is 37.4 Å². The molecular formula is C18H14F3NO2. The van der Waals surface area contributed by atoms with E-state index in [1.807, 2.05) is 0 Å². The molecular weight excluding hydrogens is 319 g/mol. The molecule has 2 aromatic rings. The van der Waals surface area contributed by atoms with Gasteiger partial charge in [-0.1, -0.05) is 42.5 Å². The Balaban J connectivity index is 1.86. The molecule has 2 aromatic carbocycles. The summed E-state index contributed by atoms with van der Waals surface area (Å²) < 4.78 is 37.8. The Kier molecular flexibility index (Phi) is 4.13. The van der Waals surface area contributed by atoms with Gasteiger partial charge in [0.15, 0.2) is 5.78 Å². The number of amides is 1. The minimum Gasteiger partial charge on any atom is -0.330 e. The first-order valence-corrected chi connectivity index (χ1v) is 7.44. The minimum atomic E-state index is -4.88. The number of alkyl halides is 3. The number of benzene rings is 2. The van der Waals surface area contributed by atoms with Crippen molar-refractivity contribution in [3.05, 3.63) is 70.8 Å². The van der Waals surface area contributed by atoms with Crippen LogP contribution in [0.1, 0.15) is 27.0 Å². The van der Waals surface area contributed by atoms with Gasteiger partial charge >= 0.3 is 12.1 Å². The number of rotatable bonds is 2. The van der Waals surface area contributed by atoms with Crippen molar-refractivity contribution < 1.29 is 22.8 Å². The minimum absolute atomic E-state index is 0.0251. The zero-order valence-electron chi connectivity index (χ0n) is 12.6. The first-order valence-electron chi connectivity index (χ1n) is 7.44. The van der Waals surface area contributed by atoms with Gasteiger partial charge in [-0.3, -0.25) is 9.59 Å². The molecule has 0 unspecified atom stereocenters. The zero-order chi connectivity index (χ0) is 17.3. The fraction of sp³-hybridized carbons (Fsp3) is 0.222.